The maximum absolute atomic E-state index is 5.54. The summed E-state index contributed by atoms with van der Waals surface area (Å²) in [5.74, 6) is 1.78. The Balaban J connectivity index is 1.36. The summed E-state index contributed by atoms with van der Waals surface area (Å²) in [5.41, 5.74) is 2.23. The van der Waals surface area contributed by atoms with Crippen molar-refractivity contribution < 1.29 is 4.42 Å². The highest BCUT2D eigenvalue weighted by Crippen LogP contribution is 2.28. The molecule has 0 unspecified atom stereocenters. The quantitative estimate of drug-likeness (QED) is 0.722. The van der Waals surface area contributed by atoms with Crippen molar-refractivity contribution in [1.29, 1.82) is 0 Å². The van der Waals surface area contributed by atoms with Gasteiger partial charge >= 0.3 is 0 Å². The third-order valence-corrected chi connectivity index (χ3v) is 4.92. The Hall–Kier alpha value is -1.81. The molecule has 0 aliphatic carbocycles. The van der Waals surface area contributed by atoms with Gasteiger partial charge in [-0.05, 0) is 70.5 Å². The average molecular weight is 313 g/mol. The predicted molar refractivity (Wildman–Crippen MR) is 93.4 cm³/mol. The van der Waals surface area contributed by atoms with Crippen LogP contribution in [0.5, 0.6) is 0 Å². The summed E-state index contributed by atoms with van der Waals surface area (Å²) in [6, 6.07) is 4.11. The molecule has 0 saturated carbocycles. The second-order valence-corrected chi connectivity index (χ2v) is 6.45. The highest BCUT2D eigenvalue weighted by atomic mass is 16.3. The van der Waals surface area contributed by atoms with Gasteiger partial charge in [0.05, 0.1) is 24.0 Å². The van der Waals surface area contributed by atoms with E-state index in [0.717, 1.165) is 23.7 Å². The van der Waals surface area contributed by atoms with Gasteiger partial charge in [-0.3, -0.25) is 0 Å². The van der Waals surface area contributed by atoms with Gasteiger partial charge in [-0.2, -0.15) is 0 Å². The van der Waals surface area contributed by atoms with Crippen molar-refractivity contribution in [3.05, 3.63) is 48.5 Å². The molecule has 3 rings (SSSR count). The average Bonchev–Trinajstić information content (AvgIpc) is 3.22. The van der Waals surface area contributed by atoms with Crippen LogP contribution in [-0.4, -0.2) is 34.1 Å². The summed E-state index contributed by atoms with van der Waals surface area (Å²) < 4.78 is 7.76. The molecule has 124 valence electrons. The second kappa shape index (κ2) is 7.64. The Morgan fingerprint density at radius 2 is 2.09 bits per heavy atom. The zero-order chi connectivity index (χ0) is 16.1. The van der Waals surface area contributed by atoms with Gasteiger partial charge in [0.25, 0.3) is 0 Å². The molecule has 1 saturated heterocycles. The molecule has 1 aliphatic rings. The lowest BCUT2D eigenvalue weighted by Gasteiger charge is -2.31. The second-order valence-electron chi connectivity index (χ2n) is 6.45. The van der Waals surface area contributed by atoms with Crippen LogP contribution in [0.2, 0.25) is 0 Å². The first-order valence-corrected chi connectivity index (χ1v) is 8.68. The van der Waals surface area contributed by atoms with Crippen LogP contribution in [0.3, 0.4) is 0 Å². The van der Waals surface area contributed by atoms with E-state index in [-0.39, 0.29) is 0 Å². The number of likely N-dealkylation sites (tertiary alicyclic amines) is 1. The van der Waals surface area contributed by atoms with Gasteiger partial charge in [0.2, 0.25) is 0 Å². The largest absolute Gasteiger partial charge is 0.469 e. The molecule has 0 radical (unpaired) electrons. The highest BCUT2D eigenvalue weighted by molar-refractivity contribution is 5.44. The van der Waals surface area contributed by atoms with E-state index in [1.807, 2.05) is 25.4 Å². The van der Waals surface area contributed by atoms with Gasteiger partial charge in [-0.25, -0.2) is 4.98 Å². The van der Waals surface area contributed by atoms with E-state index in [1.165, 1.54) is 45.3 Å². The fourth-order valence-corrected chi connectivity index (χ4v) is 3.52. The van der Waals surface area contributed by atoms with Gasteiger partial charge in [0.15, 0.2) is 0 Å². The van der Waals surface area contributed by atoms with Crippen LogP contribution in [0, 0.1) is 6.92 Å². The lowest BCUT2D eigenvalue weighted by atomic mass is 9.94. The van der Waals surface area contributed by atoms with Gasteiger partial charge in [0, 0.05) is 12.5 Å². The first-order chi connectivity index (χ1) is 11.3. The monoisotopic (exact) mass is 313 g/mol. The normalized spacial score (nSPS) is 16.7. The molecule has 1 fully saturated rings. The van der Waals surface area contributed by atoms with E-state index in [9.17, 15) is 0 Å². The maximum Gasteiger partial charge on any atom is 0.106 e. The van der Waals surface area contributed by atoms with Crippen molar-refractivity contribution in [3.8, 4) is 0 Å². The number of nitrogens with zero attached hydrogens (tertiary/aromatic N) is 3. The molecule has 2 aromatic rings. The zero-order valence-electron chi connectivity index (χ0n) is 14.1. The van der Waals surface area contributed by atoms with Crippen LogP contribution < -0.4 is 0 Å². The standard InChI is InChI=1S/C19H27N3O/c1-3-18-16(2)20-15-22(18)11-5-4-10-21-12-8-17(9-13-21)19-7-6-14-23-19/h3,6-7,14-15,17H,1,4-5,8-13H2,2H3. The van der Waals surface area contributed by atoms with E-state index in [4.69, 9.17) is 4.42 Å². The number of hydrogen-bond donors (Lipinski definition) is 0. The number of piperidine rings is 1. The maximum atomic E-state index is 5.54. The van der Waals surface area contributed by atoms with Gasteiger partial charge < -0.3 is 13.9 Å². The Kier molecular flexibility index (Phi) is 5.34. The Morgan fingerprint density at radius 3 is 2.78 bits per heavy atom. The molecule has 1 aliphatic heterocycles. The van der Waals surface area contributed by atoms with Crippen molar-refractivity contribution in [2.45, 2.75) is 45.1 Å². The van der Waals surface area contributed by atoms with Gasteiger partial charge in [0.1, 0.15) is 5.76 Å². The zero-order valence-corrected chi connectivity index (χ0v) is 14.1. The summed E-state index contributed by atoms with van der Waals surface area (Å²) in [6.45, 7) is 10.5. The van der Waals surface area contributed by atoms with E-state index < -0.39 is 0 Å². The molecule has 3 heterocycles. The Bertz CT molecular complexity index is 607. The molecule has 0 spiro atoms. The molecule has 0 N–H and O–H groups in total. The smallest absolute Gasteiger partial charge is 0.106 e. The third kappa shape index (κ3) is 3.94. The van der Waals surface area contributed by atoms with Crippen LogP contribution in [0.15, 0.2) is 35.7 Å². The van der Waals surface area contributed by atoms with Crippen LogP contribution in [0.1, 0.15) is 48.7 Å². The lowest BCUT2D eigenvalue weighted by molar-refractivity contribution is 0.198. The van der Waals surface area contributed by atoms with Crippen LogP contribution in [0.25, 0.3) is 6.08 Å². The van der Waals surface area contributed by atoms with Crippen LogP contribution in [-0.2, 0) is 6.54 Å². The van der Waals surface area contributed by atoms with E-state index in [0.29, 0.717) is 5.92 Å². The molecular formula is C19H27N3O. The minimum absolute atomic E-state index is 0.616. The van der Waals surface area contributed by atoms with E-state index in [2.05, 4.69) is 27.1 Å². The van der Waals surface area contributed by atoms with Gasteiger partial charge in [-0.15, -0.1) is 0 Å². The topological polar surface area (TPSA) is 34.2 Å². The first-order valence-electron chi connectivity index (χ1n) is 8.68. The fraction of sp³-hybridized carbons (Fsp3) is 0.526. The summed E-state index contributed by atoms with van der Waals surface area (Å²) in [6.07, 6.45) is 10.5. The number of imidazole rings is 1. The minimum atomic E-state index is 0.616. The number of hydrogen-bond acceptors (Lipinski definition) is 3. The lowest BCUT2D eigenvalue weighted by Crippen LogP contribution is -2.33. The summed E-state index contributed by atoms with van der Waals surface area (Å²) in [7, 11) is 0. The Morgan fingerprint density at radius 1 is 1.30 bits per heavy atom. The van der Waals surface area contributed by atoms with Crippen molar-refractivity contribution >= 4 is 6.08 Å². The number of aromatic nitrogens is 2. The summed E-state index contributed by atoms with van der Waals surface area (Å²) in [4.78, 5) is 6.95. The SMILES string of the molecule is C=Cc1c(C)ncn1CCCCN1CCC(c2ccco2)CC1. The molecule has 0 atom stereocenters. The molecule has 4 heteroatoms. The molecule has 2 aromatic heterocycles. The molecule has 0 bridgehead atoms. The molecule has 23 heavy (non-hydrogen) atoms. The van der Waals surface area contributed by atoms with E-state index >= 15 is 0 Å². The number of furan rings is 1. The number of rotatable bonds is 7. The summed E-state index contributed by atoms with van der Waals surface area (Å²) >= 11 is 0. The summed E-state index contributed by atoms with van der Waals surface area (Å²) in [5, 5.41) is 0. The van der Waals surface area contributed by atoms with Crippen LogP contribution in [0.4, 0.5) is 0 Å². The van der Waals surface area contributed by atoms with Crippen LogP contribution >= 0.6 is 0 Å². The van der Waals surface area contributed by atoms with Crippen molar-refractivity contribution in [2.75, 3.05) is 19.6 Å². The minimum Gasteiger partial charge on any atom is -0.469 e. The predicted octanol–water partition coefficient (Wildman–Crippen LogP) is 4.09. The van der Waals surface area contributed by atoms with Crippen molar-refractivity contribution in [2.24, 2.45) is 0 Å². The molecular weight excluding hydrogens is 286 g/mol. The number of unbranched alkanes of at least 4 members (excludes halogenated alkanes) is 1. The van der Waals surface area contributed by atoms with Crippen molar-refractivity contribution in [1.82, 2.24) is 14.5 Å². The first kappa shape index (κ1) is 16.1. The van der Waals surface area contributed by atoms with E-state index in [1.54, 1.807) is 6.26 Å². The molecule has 4 nitrogen and oxygen atoms in total. The fourth-order valence-electron chi connectivity index (χ4n) is 3.52. The molecule has 0 aromatic carbocycles. The van der Waals surface area contributed by atoms with Gasteiger partial charge in [-0.1, -0.05) is 6.58 Å². The number of aryl methyl sites for hydroxylation is 2. The van der Waals surface area contributed by atoms with Crippen molar-refractivity contribution in [3.63, 3.8) is 0 Å². The molecule has 0 amide bonds. The Labute approximate surface area is 138 Å². The third-order valence-electron chi connectivity index (χ3n) is 4.92. The highest BCUT2D eigenvalue weighted by Gasteiger charge is 2.21.